The highest BCUT2D eigenvalue weighted by Gasteiger charge is 2.21. The van der Waals surface area contributed by atoms with Crippen LogP contribution in [0.25, 0.3) is 0 Å². The van der Waals surface area contributed by atoms with Crippen LogP contribution in [0.5, 0.6) is 0 Å². The zero-order chi connectivity index (χ0) is 14.7. The fraction of sp³-hybridized carbons (Fsp3) is 0.688. The standard InChI is InChI=1S/C16H26N2O2/c1-5-18(10-14-7-6-8-20-14)11-16(19)15-9-12(2)17(4)13(15)3/h9,14H,5-8,10-11H2,1-4H3. The Bertz CT molecular complexity index is 473. The highest BCUT2D eigenvalue weighted by Crippen LogP contribution is 2.16. The molecule has 1 aliphatic rings. The first-order chi connectivity index (χ1) is 9.52. The van der Waals surface area contributed by atoms with Gasteiger partial charge in [0, 0.05) is 37.2 Å². The second kappa shape index (κ2) is 6.55. The Balaban J connectivity index is 1.99. The van der Waals surface area contributed by atoms with Gasteiger partial charge in [0.25, 0.3) is 0 Å². The lowest BCUT2D eigenvalue weighted by Crippen LogP contribution is -2.36. The average Bonchev–Trinajstić information content (AvgIpc) is 3.02. The number of ketones is 1. The zero-order valence-corrected chi connectivity index (χ0v) is 13.1. The predicted molar refractivity (Wildman–Crippen MR) is 80.3 cm³/mol. The molecule has 0 aliphatic carbocycles. The van der Waals surface area contributed by atoms with Crippen molar-refractivity contribution in [3.63, 3.8) is 0 Å². The lowest BCUT2D eigenvalue weighted by molar-refractivity contribution is 0.0686. The van der Waals surface area contributed by atoms with Crippen LogP contribution in [-0.2, 0) is 11.8 Å². The van der Waals surface area contributed by atoms with Crippen LogP contribution in [0.3, 0.4) is 0 Å². The summed E-state index contributed by atoms with van der Waals surface area (Å²) in [6.07, 6.45) is 2.57. The van der Waals surface area contributed by atoms with E-state index in [9.17, 15) is 4.79 Å². The van der Waals surface area contributed by atoms with Crippen LogP contribution in [0, 0.1) is 13.8 Å². The first-order valence-electron chi connectivity index (χ1n) is 7.53. The van der Waals surface area contributed by atoms with Crippen LogP contribution < -0.4 is 0 Å². The maximum Gasteiger partial charge on any atom is 0.178 e. The van der Waals surface area contributed by atoms with Crippen molar-refractivity contribution in [2.24, 2.45) is 7.05 Å². The van der Waals surface area contributed by atoms with E-state index in [0.29, 0.717) is 12.6 Å². The van der Waals surface area contributed by atoms with Gasteiger partial charge in [0.2, 0.25) is 0 Å². The van der Waals surface area contributed by atoms with Crippen molar-refractivity contribution in [1.29, 1.82) is 0 Å². The van der Waals surface area contributed by atoms with E-state index >= 15 is 0 Å². The maximum absolute atomic E-state index is 12.5. The van der Waals surface area contributed by atoms with E-state index in [0.717, 1.165) is 49.5 Å². The average molecular weight is 278 g/mol. The van der Waals surface area contributed by atoms with Gasteiger partial charge in [-0.1, -0.05) is 6.92 Å². The number of carbonyl (C=O) groups is 1. The lowest BCUT2D eigenvalue weighted by Gasteiger charge is -2.22. The van der Waals surface area contributed by atoms with E-state index in [1.54, 1.807) is 0 Å². The molecule has 1 fully saturated rings. The first kappa shape index (κ1) is 15.3. The molecular weight excluding hydrogens is 252 g/mol. The molecule has 2 rings (SSSR count). The van der Waals surface area contributed by atoms with Gasteiger partial charge < -0.3 is 9.30 Å². The summed E-state index contributed by atoms with van der Waals surface area (Å²) in [7, 11) is 2.01. The molecule has 1 aromatic rings. The summed E-state index contributed by atoms with van der Waals surface area (Å²) in [5.74, 6) is 0.214. The largest absolute Gasteiger partial charge is 0.377 e. The van der Waals surface area contributed by atoms with Crippen molar-refractivity contribution in [1.82, 2.24) is 9.47 Å². The SMILES string of the molecule is CCN(CC(=O)c1cc(C)n(C)c1C)CC1CCCO1. The third-order valence-corrected chi connectivity index (χ3v) is 4.38. The smallest absolute Gasteiger partial charge is 0.178 e. The Morgan fingerprint density at radius 2 is 2.25 bits per heavy atom. The Morgan fingerprint density at radius 1 is 1.50 bits per heavy atom. The highest BCUT2D eigenvalue weighted by atomic mass is 16.5. The number of Topliss-reactive ketones (excluding diaryl/α,β-unsaturated/α-hetero) is 1. The van der Waals surface area contributed by atoms with Crippen molar-refractivity contribution in [3.05, 3.63) is 23.0 Å². The van der Waals surface area contributed by atoms with Crippen molar-refractivity contribution in [3.8, 4) is 0 Å². The number of likely N-dealkylation sites (N-methyl/N-ethyl adjacent to an activating group) is 1. The van der Waals surface area contributed by atoms with Crippen LogP contribution in [0.2, 0.25) is 0 Å². The molecule has 1 saturated heterocycles. The van der Waals surface area contributed by atoms with Crippen LogP contribution in [0.4, 0.5) is 0 Å². The summed E-state index contributed by atoms with van der Waals surface area (Å²) in [5, 5.41) is 0. The minimum absolute atomic E-state index is 0.214. The molecule has 1 unspecified atom stereocenters. The van der Waals surface area contributed by atoms with E-state index in [1.807, 2.05) is 27.0 Å². The van der Waals surface area contributed by atoms with Gasteiger partial charge in [-0.15, -0.1) is 0 Å². The van der Waals surface area contributed by atoms with Gasteiger partial charge in [-0.3, -0.25) is 9.69 Å². The minimum Gasteiger partial charge on any atom is -0.377 e. The van der Waals surface area contributed by atoms with Gasteiger partial charge in [-0.25, -0.2) is 0 Å². The number of aryl methyl sites for hydroxylation is 1. The summed E-state index contributed by atoms with van der Waals surface area (Å²) in [6, 6.07) is 2.00. The fourth-order valence-electron chi connectivity index (χ4n) is 2.81. The second-order valence-corrected chi connectivity index (χ2v) is 5.73. The second-order valence-electron chi connectivity index (χ2n) is 5.73. The molecule has 1 aliphatic heterocycles. The van der Waals surface area contributed by atoms with E-state index in [2.05, 4.69) is 16.4 Å². The van der Waals surface area contributed by atoms with Gasteiger partial charge >= 0.3 is 0 Å². The maximum atomic E-state index is 12.5. The van der Waals surface area contributed by atoms with Gasteiger partial charge in [-0.05, 0) is 39.3 Å². The van der Waals surface area contributed by atoms with E-state index in [1.165, 1.54) is 0 Å². The van der Waals surface area contributed by atoms with E-state index < -0.39 is 0 Å². The van der Waals surface area contributed by atoms with E-state index in [-0.39, 0.29) is 5.78 Å². The Morgan fingerprint density at radius 3 is 2.75 bits per heavy atom. The summed E-state index contributed by atoms with van der Waals surface area (Å²) >= 11 is 0. The highest BCUT2D eigenvalue weighted by molar-refractivity contribution is 5.99. The van der Waals surface area contributed by atoms with Gasteiger partial charge in [0.05, 0.1) is 12.6 Å². The number of aromatic nitrogens is 1. The molecule has 4 heteroatoms. The monoisotopic (exact) mass is 278 g/mol. The number of carbonyl (C=O) groups excluding carboxylic acids is 1. The third-order valence-electron chi connectivity index (χ3n) is 4.38. The van der Waals surface area contributed by atoms with Crippen LogP contribution in [0.15, 0.2) is 6.07 Å². The van der Waals surface area contributed by atoms with Crippen LogP contribution >= 0.6 is 0 Å². The molecule has 0 radical (unpaired) electrons. The molecule has 0 spiro atoms. The molecule has 1 atom stereocenters. The zero-order valence-electron chi connectivity index (χ0n) is 13.1. The fourth-order valence-corrected chi connectivity index (χ4v) is 2.81. The predicted octanol–water partition coefficient (Wildman–Crippen LogP) is 2.33. The molecule has 2 heterocycles. The molecule has 1 aromatic heterocycles. The van der Waals surface area contributed by atoms with Gasteiger partial charge in [0.1, 0.15) is 0 Å². The molecule has 0 amide bonds. The lowest BCUT2D eigenvalue weighted by atomic mass is 10.1. The number of ether oxygens (including phenoxy) is 1. The van der Waals surface area contributed by atoms with E-state index in [4.69, 9.17) is 4.74 Å². The number of nitrogens with zero attached hydrogens (tertiary/aromatic N) is 2. The molecule has 0 bridgehead atoms. The molecule has 112 valence electrons. The Labute approximate surface area is 121 Å². The van der Waals surface area contributed by atoms with Crippen molar-refractivity contribution >= 4 is 5.78 Å². The summed E-state index contributed by atoms with van der Waals surface area (Å²) in [5.41, 5.74) is 3.05. The molecular formula is C16H26N2O2. The number of hydrogen-bond donors (Lipinski definition) is 0. The summed E-state index contributed by atoms with van der Waals surface area (Å²) in [4.78, 5) is 14.7. The third kappa shape index (κ3) is 3.30. The van der Waals surface area contributed by atoms with Crippen molar-refractivity contribution < 1.29 is 9.53 Å². The quantitative estimate of drug-likeness (QED) is 0.749. The van der Waals surface area contributed by atoms with Gasteiger partial charge in [0.15, 0.2) is 5.78 Å². The summed E-state index contributed by atoms with van der Waals surface area (Å²) < 4.78 is 7.74. The van der Waals surface area contributed by atoms with Crippen molar-refractivity contribution in [2.75, 3.05) is 26.2 Å². The Hall–Kier alpha value is -1.13. The summed E-state index contributed by atoms with van der Waals surface area (Å²) in [6.45, 7) is 9.26. The first-order valence-corrected chi connectivity index (χ1v) is 7.53. The van der Waals surface area contributed by atoms with Gasteiger partial charge in [-0.2, -0.15) is 0 Å². The minimum atomic E-state index is 0.214. The number of hydrogen-bond acceptors (Lipinski definition) is 3. The Kier molecular flexibility index (Phi) is 5.00. The van der Waals surface area contributed by atoms with Crippen LogP contribution in [-0.4, -0.2) is 47.6 Å². The molecule has 20 heavy (non-hydrogen) atoms. The normalized spacial score (nSPS) is 18.9. The van der Waals surface area contributed by atoms with Crippen LogP contribution in [0.1, 0.15) is 41.5 Å². The molecule has 0 saturated carbocycles. The molecule has 0 aromatic carbocycles. The number of rotatable bonds is 6. The molecule has 0 N–H and O–H groups in total. The topological polar surface area (TPSA) is 34.5 Å². The van der Waals surface area contributed by atoms with Crippen molar-refractivity contribution in [2.45, 2.75) is 39.7 Å². The molecule has 4 nitrogen and oxygen atoms in total.